The minimum absolute atomic E-state index is 0.194. The molecular weight excluding hydrogens is 167 g/mol. The predicted molar refractivity (Wildman–Crippen MR) is 55.3 cm³/mol. The molecule has 1 fully saturated rings. The van der Waals surface area contributed by atoms with Crippen molar-refractivity contribution in [1.29, 1.82) is 0 Å². The van der Waals surface area contributed by atoms with Crippen molar-refractivity contribution in [3.63, 3.8) is 0 Å². The lowest BCUT2D eigenvalue weighted by atomic mass is 9.82. The Balaban J connectivity index is 0.000000671. The topological polar surface area (TPSA) is 6.48 Å². The van der Waals surface area contributed by atoms with Crippen LogP contribution in [0.2, 0.25) is 0 Å². The second-order valence-corrected chi connectivity index (χ2v) is 3.92. The SMILES string of the molecule is CC.CCN(F)CC1(C)CN(C)C1. The van der Waals surface area contributed by atoms with Crippen LogP contribution in [0.4, 0.5) is 4.48 Å². The molecule has 0 aromatic heterocycles. The average Bonchev–Trinajstić information content (AvgIpc) is 2.05. The smallest absolute Gasteiger partial charge is 0.0368 e. The highest BCUT2D eigenvalue weighted by Gasteiger charge is 2.37. The van der Waals surface area contributed by atoms with Gasteiger partial charge in [0.2, 0.25) is 0 Å². The summed E-state index contributed by atoms with van der Waals surface area (Å²) < 4.78 is 12.8. The van der Waals surface area contributed by atoms with Gasteiger partial charge in [0, 0.05) is 31.6 Å². The second kappa shape index (κ2) is 5.55. The maximum absolute atomic E-state index is 12.8. The van der Waals surface area contributed by atoms with Gasteiger partial charge >= 0.3 is 0 Å². The van der Waals surface area contributed by atoms with Crippen LogP contribution in [-0.2, 0) is 0 Å². The molecule has 0 amide bonds. The molecule has 3 heteroatoms. The maximum atomic E-state index is 12.8. The zero-order valence-corrected chi connectivity index (χ0v) is 9.60. The third-order valence-electron chi connectivity index (χ3n) is 2.20. The fourth-order valence-electron chi connectivity index (χ4n) is 1.88. The molecular formula is C10H23FN2. The van der Waals surface area contributed by atoms with Gasteiger partial charge in [0.15, 0.2) is 0 Å². The van der Waals surface area contributed by atoms with E-state index >= 15 is 0 Å². The fraction of sp³-hybridized carbons (Fsp3) is 1.00. The average molecular weight is 190 g/mol. The van der Waals surface area contributed by atoms with Crippen LogP contribution in [0.25, 0.3) is 0 Å². The molecule has 1 aliphatic heterocycles. The molecule has 0 radical (unpaired) electrons. The summed E-state index contributed by atoms with van der Waals surface area (Å²) in [7, 11) is 2.07. The lowest BCUT2D eigenvalue weighted by Gasteiger charge is -2.46. The van der Waals surface area contributed by atoms with Gasteiger partial charge in [-0.25, -0.2) is 0 Å². The highest BCUT2D eigenvalue weighted by Crippen LogP contribution is 2.29. The lowest BCUT2D eigenvalue weighted by Crippen LogP contribution is -2.56. The van der Waals surface area contributed by atoms with Crippen LogP contribution in [0.1, 0.15) is 27.7 Å². The van der Waals surface area contributed by atoms with Gasteiger partial charge in [-0.1, -0.05) is 20.8 Å². The van der Waals surface area contributed by atoms with E-state index in [1.165, 1.54) is 0 Å². The van der Waals surface area contributed by atoms with E-state index in [0.717, 1.165) is 18.2 Å². The zero-order valence-electron chi connectivity index (χ0n) is 9.60. The molecule has 0 N–H and O–H groups in total. The summed E-state index contributed by atoms with van der Waals surface area (Å²) in [5.74, 6) is 0. The van der Waals surface area contributed by atoms with Crippen LogP contribution in [0, 0.1) is 5.41 Å². The number of hydrogen-bond acceptors (Lipinski definition) is 2. The largest absolute Gasteiger partial charge is 0.305 e. The molecule has 0 bridgehead atoms. The van der Waals surface area contributed by atoms with Gasteiger partial charge in [-0.15, -0.1) is 9.60 Å². The molecule has 13 heavy (non-hydrogen) atoms. The molecule has 0 aliphatic carbocycles. The van der Waals surface area contributed by atoms with Crippen molar-refractivity contribution in [2.75, 3.05) is 33.2 Å². The number of nitrogens with zero attached hydrogens (tertiary/aromatic N) is 2. The second-order valence-electron chi connectivity index (χ2n) is 3.92. The molecule has 80 valence electrons. The molecule has 1 rings (SSSR count). The molecule has 0 spiro atoms. The van der Waals surface area contributed by atoms with Crippen molar-refractivity contribution in [2.45, 2.75) is 27.7 Å². The van der Waals surface area contributed by atoms with Crippen molar-refractivity contribution in [1.82, 2.24) is 10.0 Å². The van der Waals surface area contributed by atoms with Crippen LogP contribution < -0.4 is 0 Å². The Morgan fingerprint density at radius 1 is 1.38 bits per heavy atom. The third kappa shape index (κ3) is 4.05. The number of rotatable bonds is 3. The van der Waals surface area contributed by atoms with E-state index in [1.54, 1.807) is 0 Å². The van der Waals surface area contributed by atoms with Crippen LogP contribution in [0.15, 0.2) is 0 Å². The van der Waals surface area contributed by atoms with Crippen LogP contribution in [0.3, 0.4) is 0 Å². The number of hydrogen-bond donors (Lipinski definition) is 0. The van der Waals surface area contributed by atoms with Gasteiger partial charge in [-0.05, 0) is 14.0 Å². The molecule has 0 atom stereocenters. The van der Waals surface area contributed by atoms with E-state index in [4.69, 9.17) is 0 Å². The normalized spacial score (nSPS) is 20.5. The quantitative estimate of drug-likeness (QED) is 0.629. The Morgan fingerprint density at radius 2 is 1.85 bits per heavy atom. The highest BCUT2D eigenvalue weighted by atomic mass is 19.2. The van der Waals surface area contributed by atoms with Crippen LogP contribution in [0.5, 0.6) is 0 Å². The minimum atomic E-state index is 0.194. The Labute approximate surface area is 81.6 Å². The molecule has 0 unspecified atom stereocenters. The van der Waals surface area contributed by atoms with Gasteiger partial charge in [0.1, 0.15) is 0 Å². The van der Waals surface area contributed by atoms with E-state index in [-0.39, 0.29) is 5.41 Å². The monoisotopic (exact) mass is 190 g/mol. The molecule has 0 saturated carbocycles. The molecule has 1 aliphatic rings. The van der Waals surface area contributed by atoms with E-state index in [9.17, 15) is 4.48 Å². The summed E-state index contributed by atoms with van der Waals surface area (Å²) in [5.41, 5.74) is 0.194. The fourth-order valence-corrected chi connectivity index (χ4v) is 1.88. The van der Waals surface area contributed by atoms with Crippen molar-refractivity contribution in [3.05, 3.63) is 0 Å². The van der Waals surface area contributed by atoms with Crippen molar-refractivity contribution >= 4 is 0 Å². The molecule has 1 heterocycles. The first-order chi connectivity index (χ1) is 6.06. The Bertz CT molecular complexity index is 133. The van der Waals surface area contributed by atoms with Crippen molar-refractivity contribution < 1.29 is 4.48 Å². The summed E-state index contributed by atoms with van der Waals surface area (Å²) in [6.45, 7) is 11.1. The van der Waals surface area contributed by atoms with Gasteiger partial charge in [-0.3, -0.25) is 0 Å². The number of likely N-dealkylation sites (tertiary alicyclic amines) is 1. The molecule has 2 nitrogen and oxygen atoms in total. The van der Waals surface area contributed by atoms with Crippen molar-refractivity contribution in [3.8, 4) is 0 Å². The van der Waals surface area contributed by atoms with Gasteiger partial charge in [-0.2, -0.15) is 0 Å². The van der Waals surface area contributed by atoms with Crippen LogP contribution >= 0.6 is 0 Å². The first kappa shape index (κ1) is 12.8. The standard InChI is InChI=1S/C8H17FN2.C2H6/c1-4-11(9)7-8(2)5-10(3)6-8;1-2/h4-7H2,1-3H3;1-2H3. The van der Waals surface area contributed by atoms with E-state index in [1.807, 2.05) is 20.8 Å². The molecule has 0 aromatic rings. The first-order valence-electron chi connectivity index (χ1n) is 5.15. The summed E-state index contributed by atoms with van der Waals surface area (Å²) in [4.78, 5) is 2.21. The number of halogens is 1. The maximum Gasteiger partial charge on any atom is 0.0368 e. The molecule has 1 saturated heterocycles. The van der Waals surface area contributed by atoms with Crippen molar-refractivity contribution in [2.24, 2.45) is 5.41 Å². The van der Waals surface area contributed by atoms with Gasteiger partial charge in [0.05, 0.1) is 0 Å². The Morgan fingerprint density at radius 3 is 2.15 bits per heavy atom. The summed E-state index contributed by atoms with van der Waals surface area (Å²) >= 11 is 0. The van der Waals surface area contributed by atoms with E-state index in [0.29, 0.717) is 13.1 Å². The third-order valence-corrected chi connectivity index (χ3v) is 2.20. The van der Waals surface area contributed by atoms with Crippen LogP contribution in [-0.4, -0.2) is 43.2 Å². The van der Waals surface area contributed by atoms with E-state index in [2.05, 4.69) is 18.9 Å². The predicted octanol–water partition coefficient (Wildman–Crippen LogP) is 2.17. The summed E-state index contributed by atoms with van der Waals surface area (Å²) in [5, 5.41) is 0.896. The first-order valence-corrected chi connectivity index (χ1v) is 5.15. The minimum Gasteiger partial charge on any atom is -0.305 e. The Kier molecular flexibility index (Phi) is 5.49. The summed E-state index contributed by atoms with van der Waals surface area (Å²) in [6, 6.07) is 0. The lowest BCUT2D eigenvalue weighted by molar-refractivity contribution is -0.0634. The van der Waals surface area contributed by atoms with Gasteiger partial charge in [0.25, 0.3) is 0 Å². The van der Waals surface area contributed by atoms with E-state index < -0.39 is 0 Å². The Hall–Kier alpha value is -0.150. The highest BCUT2D eigenvalue weighted by molar-refractivity contribution is 4.90. The molecule has 0 aromatic carbocycles. The summed E-state index contributed by atoms with van der Waals surface area (Å²) in [6.07, 6.45) is 0. The van der Waals surface area contributed by atoms with Gasteiger partial charge < -0.3 is 4.90 Å². The zero-order chi connectivity index (χ0) is 10.5.